The second-order valence-corrected chi connectivity index (χ2v) is 4.36. The summed E-state index contributed by atoms with van der Waals surface area (Å²) in [6.45, 7) is 3.66. The molecule has 0 aliphatic carbocycles. The fourth-order valence-corrected chi connectivity index (χ4v) is 1.69. The second kappa shape index (κ2) is 8.13. The minimum Gasteiger partial charge on any atom is -0.481 e. The molecular formula is C12H22O4. The Labute approximate surface area is 96.7 Å². The molecule has 94 valence electrons. The zero-order valence-electron chi connectivity index (χ0n) is 10.1. The van der Waals surface area contributed by atoms with Gasteiger partial charge in [-0.25, -0.2) is 0 Å². The minimum atomic E-state index is -0.917. The maximum Gasteiger partial charge on any atom is 0.306 e. The number of carbonyl (C=O) groups is 2. The molecule has 4 nitrogen and oxygen atoms in total. The number of hydrogen-bond acceptors (Lipinski definition) is 2. The molecule has 0 aliphatic rings. The summed E-state index contributed by atoms with van der Waals surface area (Å²) in [6.07, 6.45) is 4.95. The predicted molar refractivity (Wildman–Crippen MR) is 61.3 cm³/mol. The van der Waals surface area contributed by atoms with E-state index in [9.17, 15) is 9.59 Å². The summed E-state index contributed by atoms with van der Waals surface area (Å²) in [7, 11) is 0. The van der Waals surface area contributed by atoms with Gasteiger partial charge in [0.1, 0.15) is 0 Å². The van der Waals surface area contributed by atoms with Crippen molar-refractivity contribution in [3.63, 3.8) is 0 Å². The molecule has 0 aromatic carbocycles. The SMILES string of the molecule is CCCCCCC(CC(C)C(=O)O)C(=O)O. The summed E-state index contributed by atoms with van der Waals surface area (Å²) in [5, 5.41) is 17.7. The molecule has 0 bridgehead atoms. The lowest BCUT2D eigenvalue weighted by molar-refractivity contribution is -0.145. The van der Waals surface area contributed by atoms with Crippen molar-refractivity contribution in [2.75, 3.05) is 0 Å². The van der Waals surface area contributed by atoms with Crippen molar-refractivity contribution in [1.29, 1.82) is 0 Å². The highest BCUT2D eigenvalue weighted by atomic mass is 16.4. The monoisotopic (exact) mass is 230 g/mol. The Morgan fingerprint density at radius 3 is 2.12 bits per heavy atom. The lowest BCUT2D eigenvalue weighted by Gasteiger charge is -2.14. The van der Waals surface area contributed by atoms with Gasteiger partial charge < -0.3 is 10.2 Å². The summed E-state index contributed by atoms with van der Waals surface area (Å²) in [5.74, 6) is -2.88. The molecule has 0 amide bonds. The summed E-state index contributed by atoms with van der Waals surface area (Å²) in [6, 6.07) is 0. The summed E-state index contributed by atoms with van der Waals surface area (Å²) < 4.78 is 0. The zero-order valence-corrected chi connectivity index (χ0v) is 10.1. The molecule has 0 fully saturated rings. The predicted octanol–water partition coefficient (Wildman–Crippen LogP) is 2.77. The van der Waals surface area contributed by atoms with Crippen molar-refractivity contribution in [2.45, 2.75) is 52.4 Å². The van der Waals surface area contributed by atoms with Gasteiger partial charge in [-0.1, -0.05) is 39.5 Å². The van der Waals surface area contributed by atoms with Crippen LogP contribution in [0.25, 0.3) is 0 Å². The normalized spacial score (nSPS) is 14.4. The first-order valence-corrected chi connectivity index (χ1v) is 5.94. The van der Waals surface area contributed by atoms with Gasteiger partial charge in [-0.05, 0) is 12.8 Å². The van der Waals surface area contributed by atoms with Gasteiger partial charge in [0.2, 0.25) is 0 Å². The molecule has 0 aromatic heterocycles. The molecule has 0 radical (unpaired) electrons. The van der Waals surface area contributed by atoms with Crippen LogP contribution < -0.4 is 0 Å². The van der Waals surface area contributed by atoms with Crippen LogP contribution in [0.4, 0.5) is 0 Å². The van der Waals surface area contributed by atoms with Gasteiger partial charge in [0.15, 0.2) is 0 Å². The van der Waals surface area contributed by atoms with E-state index in [2.05, 4.69) is 6.92 Å². The van der Waals surface area contributed by atoms with Crippen LogP contribution in [0.15, 0.2) is 0 Å². The van der Waals surface area contributed by atoms with Crippen LogP contribution in [0, 0.1) is 11.8 Å². The third kappa shape index (κ3) is 6.43. The molecule has 0 saturated heterocycles. The lowest BCUT2D eigenvalue weighted by atomic mass is 9.91. The minimum absolute atomic E-state index is 0.233. The fourth-order valence-electron chi connectivity index (χ4n) is 1.69. The summed E-state index contributed by atoms with van der Waals surface area (Å²) in [4.78, 5) is 21.6. The van der Waals surface area contributed by atoms with Crippen molar-refractivity contribution in [1.82, 2.24) is 0 Å². The maximum absolute atomic E-state index is 10.9. The van der Waals surface area contributed by atoms with E-state index < -0.39 is 23.8 Å². The van der Waals surface area contributed by atoms with E-state index in [1.807, 2.05) is 0 Å². The van der Waals surface area contributed by atoms with Crippen LogP contribution in [0.2, 0.25) is 0 Å². The van der Waals surface area contributed by atoms with Crippen LogP contribution in [0.5, 0.6) is 0 Å². The second-order valence-electron chi connectivity index (χ2n) is 4.36. The molecule has 16 heavy (non-hydrogen) atoms. The molecule has 0 aromatic rings. The van der Waals surface area contributed by atoms with Crippen molar-refractivity contribution in [3.8, 4) is 0 Å². The van der Waals surface area contributed by atoms with Crippen LogP contribution in [0.1, 0.15) is 52.4 Å². The topological polar surface area (TPSA) is 74.6 Å². The van der Waals surface area contributed by atoms with Crippen LogP contribution in [-0.4, -0.2) is 22.2 Å². The van der Waals surface area contributed by atoms with Gasteiger partial charge in [-0.2, -0.15) is 0 Å². The van der Waals surface area contributed by atoms with E-state index in [1.54, 1.807) is 6.92 Å². The third-order valence-corrected chi connectivity index (χ3v) is 2.82. The number of carboxylic acids is 2. The standard InChI is InChI=1S/C12H22O4/c1-3-4-5-6-7-10(12(15)16)8-9(2)11(13)14/h9-10H,3-8H2,1-2H3,(H,13,14)(H,15,16). The number of hydrogen-bond donors (Lipinski definition) is 2. The van der Waals surface area contributed by atoms with Crippen LogP contribution >= 0.6 is 0 Å². The lowest BCUT2D eigenvalue weighted by Crippen LogP contribution is -2.21. The van der Waals surface area contributed by atoms with Crippen molar-refractivity contribution >= 4 is 11.9 Å². The Bertz CT molecular complexity index is 225. The van der Waals surface area contributed by atoms with Gasteiger partial charge >= 0.3 is 11.9 Å². The molecule has 0 saturated carbocycles. The van der Waals surface area contributed by atoms with Crippen molar-refractivity contribution < 1.29 is 19.8 Å². The highest BCUT2D eigenvalue weighted by Gasteiger charge is 2.23. The van der Waals surface area contributed by atoms with Gasteiger partial charge in [0.25, 0.3) is 0 Å². The Morgan fingerprint density at radius 2 is 1.69 bits per heavy atom. The van der Waals surface area contributed by atoms with E-state index in [-0.39, 0.29) is 6.42 Å². The summed E-state index contributed by atoms with van der Waals surface area (Å²) >= 11 is 0. The summed E-state index contributed by atoms with van der Waals surface area (Å²) in [5.41, 5.74) is 0. The molecule has 2 unspecified atom stereocenters. The zero-order chi connectivity index (χ0) is 12.6. The van der Waals surface area contributed by atoms with Crippen molar-refractivity contribution in [2.24, 2.45) is 11.8 Å². The third-order valence-electron chi connectivity index (χ3n) is 2.82. The average molecular weight is 230 g/mol. The fraction of sp³-hybridized carbons (Fsp3) is 0.833. The first kappa shape index (κ1) is 14.9. The number of aliphatic carboxylic acids is 2. The van der Waals surface area contributed by atoms with Gasteiger partial charge in [0, 0.05) is 0 Å². The number of unbranched alkanes of at least 4 members (excludes halogenated alkanes) is 3. The molecule has 0 rings (SSSR count). The molecular weight excluding hydrogens is 208 g/mol. The van der Waals surface area contributed by atoms with E-state index in [1.165, 1.54) is 0 Å². The number of carboxylic acid groups (broad SMARTS) is 2. The Morgan fingerprint density at radius 1 is 1.06 bits per heavy atom. The van der Waals surface area contributed by atoms with Crippen LogP contribution in [-0.2, 0) is 9.59 Å². The highest BCUT2D eigenvalue weighted by molar-refractivity contribution is 5.73. The maximum atomic E-state index is 10.9. The van der Waals surface area contributed by atoms with Gasteiger partial charge in [-0.15, -0.1) is 0 Å². The van der Waals surface area contributed by atoms with Crippen molar-refractivity contribution in [3.05, 3.63) is 0 Å². The molecule has 2 atom stereocenters. The Balaban J connectivity index is 3.98. The smallest absolute Gasteiger partial charge is 0.306 e. The highest BCUT2D eigenvalue weighted by Crippen LogP contribution is 2.19. The molecule has 0 spiro atoms. The number of rotatable bonds is 9. The Hall–Kier alpha value is -1.06. The quantitative estimate of drug-likeness (QED) is 0.597. The average Bonchev–Trinajstić information content (AvgIpc) is 2.21. The first-order valence-electron chi connectivity index (χ1n) is 5.94. The molecule has 2 N–H and O–H groups in total. The molecule has 0 aliphatic heterocycles. The van der Waals surface area contributed by atoms with E-state index in [0.29, 0.717) is 6.42 Å². The van der Waals surface area contributed by atoms with Crippen LogP contribution in [0.3, 0.4) is 0 Å². The van der Waals surface area contributed by atoms with E-state index >= 15 is 0 Å². The van der Waals surface area contributed by atoms with Gasteiger partial charge in [0.05, 0.1) is 11.8 Å². The first-order chi connectivity index (χ1) is 7.49. The molecule has 0 heterocycles. The van der Waals surface area contributed by atoms with E-state index in [4.69, 9.17) is 10.2 Å². The van der Waals surface area contributed by atoms with Gasteiger partial charge in [-0.3, -0.25) is 9.59 Å². The Kier molecular flexibility index (Phi) is 7.60. The molecule has 4 heteroatoms. The largest absolute Gasteiger partial charge is 0.481 e. The van der Waals surface area contributed by atoms with E-state index in [0.717, 1.165) is 25.7 Å².